The van der Waals surface area contributed by atoms with Crippen LogP contribution in [0.1, 0.15) is 48.4 Å². The van der Waals surface area contributed by atoms with Crippen LogP contribution in [0.15, 0.2) is 42.7 Å². The first-order valence-electron chi connectivity index (χ1n) is 12.1. The molecule has 3 rings (SSSR count). The maximum absolute atomic E-state index is 13.5. The normalized spacial score (nSPS) is 18.4. The Balaban J connectivity index is 2.00. The Morgan fingerprint density at radius 2 is 1.92 bits per heavy atom. The fraction of sp³-hybridized carbons (Fsp3) is 0.462. The lowest BCUT2D eigenvalue weighted by Crippen LogP contribution is -2.51. The standard InChI is InChI=1S/C26H35N5O5/c1-16(2)28-26(35)30(5)14-22-17(3)13-31(18(4)15-32)25(34)20-7-6-8-21(23(20)36-22)29-24(33)19-9-11-27-12-10-19/h6-12,16-18,22,32H,13-15H2,1-5H3,(H,28,35)(H,29,33)/t17-,18-,22-/m1/s1. The number of rotatable bonds is 7. The number of likely N-dealkylation sites (N-methyl/N-ethyl adjacent to an activating group) is 1. The SMILES string of the molecule is CC(C)NC(=O)N(C)C[C@H]1Oc2c(NC(=O)c3ccncc3)cccc2C(=O)N([C@H](C)CO)C[C@H]1C. The van der Waals surface area contributed by atoms with E-state index in [4.69, 9.17) is 4.74 Å². The van der Waals surface area contributed by atoms with E-state index in [1.807, 2.05) is 20.8 Å². The second-order valence-electron chi connectivity index (χ2n) is 9.48. The summed E-state index contributed by atoms with van der Waals surface area (Å²) in [6, 6.07) is 7.47. The smallest absolute Gasteiger partial charge is 0.317 e. The number of aliphatic hydroxyl groups excluding tert-OH is 1. The molecule has 1 aromatic carbocycles. The van der Waals surface area contributed by atoms with Gasteiger partial charge in [-0.2, -0.15) is 0 Å². The highest BCUT2D eigenvalue weighted by Crippen LogP contribution is 2.35. The number of anilines is 1. The van der Waals surface area contributed by atoms with Crippen LogP contribution in [-0.2, 0) is 0 Å². The number of hydrogen-bond donors (Lipinski definition) is 3. The van der Waals surface area contributed by atoms with Crippen molar-refractivity contribution < 1.29 is 24.2 Å². The predicted molar refractivity (Wildman–Crippen MR) is 136 cm³/mol. The zero-order valence-electron chi connectivity index (χ0n) is 21.4. The lowest BCUT2D eigenvalue weighted by Gasteiger charge is -2.38. The molecule has 0 saturated carbocycles. The predicted octanol–water partition coefficient (Wildman–Crippen LogP) is 2.60. The molecule has 0 spiro atoms. The Bertz CT molecular complexity index is 1080. The molecule has 1 aliphatic heterocycles. The molecule has 36 heavy (non-hydrogen) atoms. The van der Waals surface area contributed by atoms with Crippen molar-refractivity contribution in [3.05, 3.63) is 53.9 Å². The Kier molecular flexibility index (Phi) is 8.87. The van der Waals surface area contributed by atoms with Gasteiger partial charge in [-0.1, -0.05) is 13.0 Å². The van der Waals surface area contributed by atoms with E-state index in [1.54, 1.807) is 54.1 Å². The van der Waals surface area contributed by atoms with Crippen molar-refractivity contribution in [3.8, 4) is 5.75 Å². The molecule has 3 atom stereocenters. The molecule has 2 aromatic rings. The van der Waals surface area contributed by atoms with Crippen molar-refractivity contribution in [1.82, 2.24) is 20.1 Å². The molecule has 2 heterocycles. The van der Waals surface area contributed by atoms with E-state index < -0.39 is 12.1 Å². The Labute approximate surface area is 211 Å². The van der Waals surface area contributed by atoms with E-state index in [2.05, 4.69) is 15.6 Å². The number of fused-ring (bicyclic) bond motifs is 1. The van der Waals surface area contributed by atoms with Crippen LogP contribution in [0.3, 0.4) is 0 Å². The largest absolute Gasteiger partial charge is 0.485 e. The molecular weight excluding hydrogens is 462 g/mol. The van der Waals surface area contributed by atoms with Gasteiger partial charge >= 0.3 is 6.03 Å². The van der Waals surface area contributed by atoms with Crippen LogP contribution in [0.5, 0.6) is 5.75 Å². The van der Waals surface area contributed by atoms with Gasteiger partial charge in [0.1, 0.15) is 6.10 Å². The third-order valence-electron chi connectivity index (χ3n) is 6.09. The summed E-state index contributed by atoms with van der Waals surface area (Å²) in [6.45, 7) is 7.86. The van der Waals surface area contributed by atoms with Gasteiger partial charge in [0.15, 0.2) is 5.75 Å². The topological polar surface area (TPSA) is 124 Å². The van der Waals surface area contributed by atoms with Gasteiger partial charge in [0.25, 0.3) is 11.8 Å². The quantitative estimate of drug-likeness (QED) is 0.540. The van der Waals surface area contributed by atoms with Crippen LogP contribution >= 0.6 is 0 Å². The zero-order chi connectivity index (χ0) is 26.4. The molecule has 1 aliphatic rings. The highest BCUT2D eigenvalue weighted by molar-refractivity contribution is 6.07. The Morgan fingerprint density at radius 1 is 1.22 bits per heavy atom. The molecule has 0 radical (unpaired) electrons. The average Bonchev–Trinajstić information content (AvgIpc) is 2.86. The number of benzene rings is 1. The minimum atomic E-state index is -0.493. The first-order chi connectivity index (χ1) is 17.1. The van der Waals surface area contributed by atoms with Gasteiger partial charge in [-0.15, -0.1) is 0 Å². The van der Waals surface area contributed by atoms with Crippen LogP contribution in [0.25, 0.3) is 0 Å². The van der Waals surface area contributed by atoms with Gasteiger partial charge in [-0.25, -0.2) is 4.79 Å². The molecule has 1 aromatic heterocycles. The zero-order valence-corrected chi connectivity index (χ0v) is 21.4. The number of hydrogen-bond acceptors (Lipinski definition) is 6. The monoisotopic (exact) mass is 497 g/mol. The first kappa shape index (κ1) is 26.9. The second kappa shape index (κ2) is 11.9. The van der Waals surface area contributed by atoms with Gasteiger partial charge in [0.2, 0.25) is 0 Å². The molecule has 4 amide bonds. The summed E-state index contributed by atoms with van der Waals surface area (Å²) in [5.74, 6) is -0.631. The summed E-state index contributed by atoms with van der Waals surface area (Å²) in [7, 11) is 1.68. The number of carbonyl (C=O) groups excluding carboxylic acids is 3. The maximum atomic E-state index is 13.5. The summed E-state index contributed by atoms with van der Waals surface area (Å²) in [6.07, 6.45) is 2.55. The van der Waals surface area contributed by atoms with E-state index in [-0.39, 0.29) is 54.3 Å². The number of amides is 4. The molecular formula is C26H35N5O5. The van der Waals surface area contributed by atoms with Crippen LogP contribution < -0.4 is 15.4 Å². The lowest BCUT2D eigenvalue weighted by atomic mass is 9.99. The number of urea groups is 1. The third-order valence-corrected chi connectivity index (χ3v) is 6.09. The van der Waals surface area contributed by atoms with Crippen LogP contribution in [-0.4, -0.2) is 82.7 Å². The van der Waals surface area contributed by atoms with Crippen molar-refractivity contribution >= 4 is 23.5 Å². The molecule has 0 bridgehead atoms. The van der Waals surface area contributed by atoms with E-state index in [1.165, 1.54) is 12.4 Å². The van der Waals surface area contributed by atoms with Crippen LogP contribution in [0.2, 0.25) is 0 Å². The molecule has 10 heteroatoms. The third kappa shape index (κ3) is 6.31. The van der Waals surface area contributed by atoms with E-state index in [0.29, 0.717) is 17.8 Å². The van der Waals surface area contributed by atoms with Gasteiger partial charge < -0.3 is 30.3 Å². The van der Waals surface area contributed by atoms with E-state index in [9.17, 15) is 19.5 Å². The van der Waals surface area contributed by atoms with E-state index in [0.717, 1.165) is 0 Å². The summed E-state index contributed by atoms with van der Waals surface area (Å²) in [4.78, 5) is 46.1. The summed E-state index contributed by atoms with van der Waals surface area (Å²) in [5.41, 5.74) is 1.02. The van der Waals surface area contributed by atoms with Crippen molar-refractivity contribution in [2.75, 3.05) is 32.1 Å². The fourth-order valence-electron chi connectivity index (χ4n) is 3.97. The number of nitrogens with one attached hydrogen (secondary N) is 2. The second-order valence-corrected chi connectivity index (χ2v) is 9.48. The fourth-order valence-corrected chi connectivity index (χ4v) is 3.97. The number of aliphatic hydroxyl groups is 1. The number of ether oxygens (including phenoxy) is 1. The van der Waals surface area contributed by atoms with Crippen molar-refractivity contribution in [2.45, 2.75) is 45.9 Å². The number of nitrogens with zero attached hydrogens (tertiary/aromatic N) is 3. The molecule has 194 valence electrons. The highest BCUT2D eigenvalue weighted by atomic mass is 16.5. The molecule has 0 unspecified atom stereocenters. The number of aromatic nitrogens is 1. The molecule has 0 fully saturated rings. The number of pyridine rings is 1. The van der Waals surface area contributed by atoms with Crippen LogP contribution in [0, 0.1) is 5.92 Å². The van der Waals surface area contributed by atoms with Crippen LogP contribution in [0.4, 0.5) is 10.5 Å². The van der Waals surface area contributed by atoms with E-state index >= 15 is 0 Å². The molecule has 3 N–H and O–H groups in total. The molecule has 0 saturated heterocycles. The molecule has 10 nitrogen and oxygen atoms in total. The number of carbonyl (C=O) groups is 3. The summed E-state index contributed by atoms with van der Waals surface area (Å²) in [5, 5.41) is 15.5. The maximum Gasteiger partial charge on any atom is 0.317 e. The van der Waals surface area contributed by atoms with Crippen molar-refractivity contribution in [3.63, 3.8) is 0 Å². The first-order valence-corrected chi connectivity index (χ1v) is 12.1. The highest BCUT2D eigenvalue weighted by Gasteiger charge is 2.35. The number of para-hydroxylation sites is 1. The molecule has 0 aliphatic carbocycles. The Morgan fingerprint density at radius 3 is 2.56 bits per heavy atom. The summed E-state index contributed by atoms with van der Waals surface area (Å²) < 4.78 is 6.42. The minimum Gasteiger partial charge on any atom is -0.485 e. The lowest BCUT2D eigenvalue weighted by molar-refractivity contribution is 0.0368. The average molecular weight is 498 g/mol. The van der Waals surface area contributed by atoms with Gasteiger partial charge in [-0.3, -0.25) is 14.6 Å². The van der Waals surface area contributed by atoms with Crippen molar-refractivity contribution in [1.29, 1.82) is 0 Å². The Hall–Kier alpha value is -3.66. The minimum absolute atomic E-state index is 0.0233. The van der Waals surface area contributed by atoms with Gasteiger partial charge in [-0.05, 0) is 45.0 Å². The van der Waals surface area contributed by atoms with Crippen molar-refractivity contribution in [2.24, 2.45) is 5.92 Å². The van der Waals surface area contributed by atoms with Gasteiger partial charge in [0.05, 0.1) is 30.4 Å². The summed E-state index contributed by atoms with van der Waals surface area (Å²) >= 11 is 0. The van der Waals surface area contributed by atoms with Gasteiger partial charge in [0, 0.05) is 43.5 Å².